The second-order valence-electron chi connectivity index (χ2n) is 8.55. The van der Waals surface area contributed by atoms with E-state index in [1.54, 1.807) is 0 Å². The molecule has 3 rings (SSSR count). The molecule has 3 fully saturated rings. The van der Waals surface area contributed by atoms with Gasteiger partial charge in [-0.15, -0.1) is 0 Å². The Kier molecular flexibility index (Phi) is 3.67. The zero-order valence-electron chi connectivity index (χ0n) is 13.7. The van der Waals surface area contributed by atoms with Crippen LogP contribution in [0.3, 0.4) is 0 Å². The second-order valence-corrected chi connectivity index (χ2v) is 8.55. The zero-order valence-corrected chi connectivity index (χ0v) is 13.7. The molecule has 3 nitrogen and oxygen atoms in total. The van der Waals surface area contributed by atoms with Crippen LogP contribution in [0.1, 0.15) is 53.4 Å². The molecule has 2 saturated carbocycles. The lowest BCUT2D eigenvalue weighted by atomic mass is 9.82. The number of hydrogen-bond acceptors (Lipinski definition) is 3. The predicted octanol–water partition coefficient (Wildman–Crippen LogP) is 2.64. The molecule has 116 valence electrons. The van der Waals surface area contributed by atoms with E-state index in [2.05, 4.69) is 32.6 Å². The molecule has 0 bridgehead atoms. The van der Waals surface area contributed by atoms with E-state index in [9.17, 15) is 0 Å². The Hall–Kier alpha value is -0.120. The van der Waals surface area contributed by atoms with Gasteiger partial charge in [-0.05, 0) is 65.2 Å². The summed E-state index contributed by atoms with van der Waals surface area (Å²) < 4.78 is 6.25. The highest BCUT2D eigenvalue weighted by atomic mass is 16.5. The van der Waals surface area contributed by atoms with E-state index in [-0.39, 0.29) is 17.2 Å². The molecule has 1 saturated heterocycles. The average molecular weight is 280 g/mol. The molecular weight excluding hydrogens is 248 g/mol. The number of rotatable bonds is 6. The van der Waals surface area contributed by atoms with Crippen molar-refractivity contribution in [2.45, 2.75) is 70.6 Å². The van der Waals surface area contributed by atoms with Crippen molar-refractivity contribution in [1.82, 2.24) is 4.90 Å². The molecule has 0 amide bonds. The predicted molar refractivity (Wildman–Crippen MR) is 82.6 cm³/mol. The first-order chi connectivity index (χ1) is 9.28. The maximum atomic E-state index is 6.52. The first-order valence-corrected chi connectivity index (χ1v) is 8.46. The summed E-state index contributed by atoms with van der Waals surface area (Å²) in [5.74, 6) is 2.36. The van der Waals surface area contributed by atoms with Crippen LogP contribution in [0.2, 0.25) is 0 Å². The summed E-state index contributed by atoms with van der Waals surface area (Å²) in [6, 6.07) is 0.137. The molecule has 0 radical (unpaired) electrons. The SMILES string of the molecule is CC1(C)OC(C)(C)C(CN(CC2CC2)CC2CC2)C1N. The van der Waals surface area contributed by atoms with Crippen LogP contribution < -0.4 is 5.73 Å². The van der Waals surface area contributed by atoms with E-state index >= 15 is 0 Å². The Morgan fingerprint density at radius 2 is 1.40 bits per heavy atom. The minimum atomic E-state index is -0.195. The van der Waals surface area contributed by atoms with Gasteiger partial charge in [0.1, 0.15) is 0 Å². The molecule has 0 aromatic heterocycles. The van der Waals surface area contributed by atoms with Gasteiger partial charge < -0.3 is 15.4 Å². The molecular formula is C17H32N2O. The van der Waals surface area contributed by atoms with Crippen LogP contribution in [0.25, 0.3) is 0 Å². The minimum absolute atomic E-state index is 0.103. The van der Waals surface area contributed by atoms with Crippen LogP contribution in [0.5, 0.6) is 0 Å². The fourth-order valence-electron chi connectivity index (χ4n) is 3.90. The van der Waals surface area contributed by atoms with Crippen molar-refractivity contribution in [3.63, 3.8) is 0 Å². The number of nitrogens with two attached hydrogens (primary N) is 1. The molecule has 1 aliphatic heterocycles. The van der Waals surface area contributed by atoms with Crippen molar-refractivity contribution in [1.29, 1.82) is 0 Å². The van der Waals surface area contributed by atoms with Gasteiger partial charge in [-0.2, -0.15) is 0 Å². The monoisotopic (exact) mass is 280 g/mol. The molecule has 1 heterocycles. The third-order valence-electron chi connectivity index (χ3n) is 5.54. The average Bonchev–Trinajstić information content (AvgIpc) is 3.17. The lowest BCUT2D eigenvalue weighted by Gasteiger charge is -2.33. The first kappa shape index (κ1) is 14.8. The Morgan fingerprint density at radius 1 is 0.900 bits per heavy atom. The molecule has 2 unspecified atom stereocenters. The Morgan fingerprint density at radius 3 is 1.75 bits per heavy atom. The number of ether oxygens (including phenoxy) is 1. The smallest absolute Gasteiger partial charge is 0.0788 e. The third-order valence-corrected chi connectivity index (χ3v) is 5.54. The Balaban J connectivity index is 1.65. The molecule has 0 spiro atoms. The van der Waals surface area contributed by atoms with Crippen molar-refractivity contribution in [3.8, 4) is 0 Å². The highest BCUT2D eigenvalue weighted by Gasteiger charge is 2.52. The van der Waals surface area contributed by atoms with E-state index in [1.807, 2.05) is 0 Å². The van der Waals surface area contributed by atoms with Crippen molar-refractivity contribution < 1.29 is 4.74 Å². The third kappa shape index (κ3) is 3.20. The van der Waals surface area contributed by atoms with E-state index in [0.717, 1.165) is 18.4 Å². The molecule has 0 aromatic rings. The van der Waals surface area contributed by atoms with Gasteiger partial charge in [0.2, 0.25) is 0 Å². The molecule has 2 N–H and O–H groups in total. The van der Waals surface area contributed by atoms with Crippen molar-refractivity contribution >= 4 is 0 Å². The standard InChI is InChI=1S/C17H32N2O/c1-16(2)14(15(18)17(3,4)20-16)11-19(9-12-5-6-12)10-13-7-8-13/h12-15H,5-11,18H2,1-4H3. The van der Waals surface area contributed by atoms with E-state index in [4.69, 9.17) is 10.5 Å². The lowest BCUT2D eigenvalue weighted by molar-refractivity contribution is -0.0786. The van der Waals surface area contributed by atoms with Gasteiger partial charge in [0, 0.05) is 31.6 Å². The Labute approximate surface area is 124 Å². The van der Waals surface area contributed by atoms with Gasteiger partial charge in [0.15, 0.2) is 0 Å². The normalized spacial score (nSPS) is 35.7. The van der Waals surface area contributed by atoms with Gasteiger partial charge in [0.25, 0.3) is 0 Å². The molecule has 2 atom stereocenters. The summed E-state index contributed by atoms with van der Waals surface area (Å²) in [7, 11) is 0. The quantitative estimate of drug-likeness (QED) is 0.813. The summed E-state index contributed by atoms with van der Waals surface area (Å²) in [5.41, 5.74) is 6.22. The fourth-order valence-corrected chi connectivity index (χ4v) is 3.90. The van der Waals surface area contributed by atoms with E-state index < -0.39 is 0 Å². The first-order valence-electron chi connectivity index (χ1n) is 8.46. The van der Waals surface area contributed by atoms with Crippen molar-refractivity contribution in [2.24, 2.45) is 23.5 Å². The van der Waals surface area contributed by atoms with Crippen LogP contribution in [0.15, 0.2) is 0 Å². The maximum absolute atomic E-state index is 6.52. The van der Waals surface area contributed by atoms with Crippen LogP contribution in [0.4, 0.5) is 0 Å². The van der Waals surface area contributed by atoms with Crippen LogP contribution in [-0.4, -0.2) is 41.8 Å². The highest BCUT2D eigenvalue weighted by Crippen LogP contribution is 2.42. The largest absolute Gasteiger partial charge is 0.368 e. The highest BCUT2D eigenvalue weighted by molar-refractivity contribution is 5.05. The molecule has 0 aromatic carbocycles. The van der Waals surface area contributed by atoms with Crippen LogP contribution in [-0.2, 0) is 4.74 Å². The molecule has 3 heteroatoms. The molecule has 2 aliphatic carbocycles. The summed E-state index contributed by atoms with van der Waals surface area (Å²) in [5, 5.41) is 0. The van der Waals surface area contributed by atoms with Gasteiger partial charge in [-0.1, -0.05) is 0 Å². The summed E-state index contributed by atoms with van der Waals surface area (Å²) in [6.07, 6.45) is 5.74. The van der Waals surface area contributed by atoms with E-state index in [1.165, 1.54) is 38.8 Å². The summed E-state index contributed by atoms with van der Waals surface area (Å²) in [6.45, 7) is 12.4. The van der Waals surface area contributed by atoms with Crippen LogP contribution >= 0.6 is 0 Å². The van der Waals surface area contributed by atoms with Crippen LogP contribution in [0, 0.1) is 17.8 Å². The van der Waals surface area contributed by atoms with E-state index in [0.29, 0.717) is 5.92 Å². The number of hydrogen-bond donors (Lipinski definition) is 1. The zero-order chi connectivity index (χ0) is 14.5. The molecule has 20 heavy (non-hydrogen) atoms. The van der Waals surface area contributed by atoms with Gasteiger partial charge in [-0.25, -0.2) is 0 Å². The maximum Gasteiger partial charge on any atom is 0.0788 e. The van der Waals surface area contributed by atoms with Crippen molar-refractivity contribution in [3.05, 3.63) is 0 Å². The minimum Gasteiger partial charge on any atom is -0.368 e. The second kappa shape index (κ2) is 4.96. The number of nitrogens with zero attached hydrogens (tertiary/aromatic N) is 1. The van der Waals surface area contributed by atoms with Gasteiger partial charge in [-0.3, -0.25) is 0 Å². The van der Waals surface area contributed by atoms with Gasteiger partial charge >= 0.3 is 0 Å². The summed E-state index contributed by atoms with van der Waals surface area (Å²) in [4.78, 5) is 2.70. The fraction of sp³-hybridized carbons (Fsp3) is 1.00. The summed E-state index contributed by atoms with van der Waals surface area (Å²) >= 11 is 0. The topological polar surface area (TPSA) is 38.5 Å². The lowest BCUT2D eigenvalue weighted by Crippen LogP contribution is -2.48. The Bertz CT molecular complexity index is 344. The molecule has 3 aliphatic rings. The van der Waals surface area contributed by atoms with Crippen molar-refractivity contribution in [2.75, 3.05) is 19.6 Å². The van der Waals surface area contributed by atoms with Gasteiger partial charge in [0.05, 0.1) is 11.2 Å².